The number of fused-ring (bicyclic) bond motifs is 1. The molecule has 0 amide bonds. The van der Waals surface area contributed by atoms with Crippen LogP contribution in [-0.4, -0.2) is 28.4 Å². The number of methoxy groups -OCH3 is 4. The molecule has 3 aromatic rings. The second kappa shape index (κ2) is 6.76. The molecule has 25 heavy (non-hydrogen) atoms. The van der Waals surface area contributed by atoms with Gasteiger partial charge in [-0.05, 0) is 17.7 Å². The Labute approximate surface area is 144 Å². The summed E-state index contributed by atoms with van der Waals surface area (Å²) in [5, 5.41) is 0.300. The zero-order valence-corrected chi connectivity index (χ0v) is 14.4. The first-order valence-electron chi connectivity index (χ1n) is 7.53. The molecular weight excluding hydrogens is 324 g/mol. The predicted octanol–water partition coefficient (Wildman–Crippen LogP) is 3.49. The zero-order chi connectivity index (χ0) is 18.0. The van der Waals surface area contributed by atoms with Gasteiger partial charge in [-0.15, -0.1) is 0 Å². The van der Waals surface area contributed by atoms with Gasteiger partial charge in [0.15, 0.2) is 11.5 Å². The highest BCUT2D eigenvalue weighted by Crippen LogP contribution is 2.42. The Kier molecular flexibility index (Phi) is 4.52. The molecule has 2 aromatic carbocycles. The lowest BCUT2D eigenvalue weighted by atomic mass is 10.0. The lowest BCUT2D eigenvalue weighted by Crippen LogP contribution is -2.08. The summed E-state index contributed by atoms with van der Waals surface area (Å²) in [5.74, 6) is 1.75. The molecule has 0 radical (unpaired) electrons. The fraction of sp³-hybridized carbons (Fsp3) is 0.211. The van der Waals surface area contributed by atoms with Gasteiger partial charge in [-0.1, -0.05) is 12.1 Å². The van der Waals surface area contributed by atoms with Gasteiger partial charge < -0.3 is 23.4 Å². The first kappa shape index (κ1) is 16.7. The van der Waals surface area contributed by atoms with Gasteiger partial charge in [0.1, 0.15) is 23.0 Å². The van der Waals surface area contributed by atoms with E-state index in [4.69, 9.17) is 23.4 Å². The van der Waals surface area contributed by atoms with Gasteiger partial charge >= 0.3 is 0 Å². The molecule has 0 fully saturated rings. The summed E-state index contributed by atoms with van der Waals surface area (Å²) in [6, 6.07) is 8.76. The van der Waals surface area contributed by atoms with Crippen molar-refractivity contribution in [3.63, 3.8) is 0 Å². The van der Waals surface area contributed by atoms with E-state index in [0.717, 1.165) is 0 Å². The van der Waals surface area contributed by atoms with Crippen LogP contribution in [0.15, 0.2) is 45.8 Å². The van der Waals surface area contributed by atoms with Crippen molar-refractivity contribution in [3.05, 3.63) is 46.8 Å². The maximum absolute atomic E-state index is 13.1. The summed E-state index contributed by atoms with van der Waals surface area (Å²) in [7, 11) is 6.05. The van der Waals surface area contributed by atoms with Crippen LogP contribution in [0, 0.1) is 0 Å². The zero-order valence-electron chi connectivity index (χ0n) is 14.4. The van der Waals surface area contributed by atoms with E-state index in [2.05, 4.69) is 0 Å². The van der Waals surface area contributed by atoms with Gasteiger partial charge in [0.25, 0.3) is 0 Å². The Bertz CT molecular complexity index is 956. The first-order chi connectivity index (χ1) is 12.1. The highest BCUT2D eigenvalue weighted by molar-refractivity contribution is 5.91. The average molecular weight is 342 g/mol. The molecule has 0 saturated heterocycles. The second-order valence-electron chi connectivity index (χ2n) is 5.23. The maximum atomic E-state index is 13.1. The molecule has 0 aliphatic carbocycles. The third kappa shape index (κ3) is 2.76. The minimum Gasteiger partial charge on any atom is -0.497 e. The summed E-state index contributed by atoms with van der Waals surface area (Å²) in [5.41, 5.74) is 1.27. The summed E-state index contributed by atoms with van der Waals surface area (Å²) in [4.78, 5) is 13.1. The summed E-state index contributed by atoms with van der Waals surface area (Å²) < 4.78 is 26.9. The van der Waals surface area contributed by atoms with Crippen LogP contribution in [0.1, 0.15) is 0 Å². The molecule has 6 nitrogen and oxygen atoms in total. The van der Waals surface area contributed by atoms with E-state index >= 15 is 0 Å². The highest BCUT2D eigenvalue weighted by atomic mass is 16.5. The first-order valence-corrected chi connectivity index (χ1v) is 7.53. The molecule has 0 aliphatic rings. The third-order valence-electron chi connectivity index (χ3n) is 3.97. The largest absolute Gasteiger partial charge is 0.497 e. The fourth-order valence-electron chi connectivity index (χ4n) is 2.72. The van der Waals surface area contributed by atoms with Crippen molar-refractivity contribution in [1.82, 2.24) is 0 Å². The molecule has 1 heterocycles. The fourth-order valence-corrected chi connectivity index (χ4v) is 2.72. The van der Waals surface area contributed by atoms with Gasteiger partial charge in [-0.3, -0.25) is 4.79 Å². The third-order valence-corrected chi connectivity index (χ3v) is 3.97. The van der Waals surface area contributed by atoms with Crippen LogP contribution in [0.4, 0.5) is 0 Å². The highest BCUT2D eigenvalue weighted by Gasteiger charge is 2.21. The summed E-state index contributed by atoms with van der Waals surface area (Å²) >= 11 is 0. The Morgan fingerprint density at radius 2 is 1.52 bits per heavy atom. The topological polar surface area (TPSA) is 67.1 Å². The molecule has 0 spiro atoms. The van der Waals surface area contributed by atoms with Crippen molar-refractivity contribution in [3.8, 4) is 34.1 Å². The summed E-state index contributed by atoms with van der Waals surface area (Å²) in [6.07, 6.45) is 1.43. The number of hydrogen-bond donors (Lipinski definition) is 0. The molecule has 0 aliphatic heterocycles. The molecular formula is C19H18O6. The normalized spacial score (nSPS) is 10.6. The van der Waals surface area contributed by atoms with E-state index in [0.29, 0.717) is 39.3 Å². The van der Waals surface area contributed by atoms with Crippen molar-refractivity contribution in [2.75, 3.05) is 28.4 Å². The van der Waals surface area contributed by atoms with Gasteiger partial charge in [-0.2, -0.15) is 0 Å². The van der Waals surface area contributed by atoms with Gasteiger partial charge in [0.05, 0.1) is 34.0 Å². The van der Waals surface area contributed by atoms with E-state index < -0.39 is 0 Å². The summed E-state index contributed by atoms with van der Waals surface area (Å²) in [6.45, 7) is 0. The molecule has 6 heteroatoms. The van der Waals surface area contributed by atoms with Crippen molar-refractivity contribution in [2.24, 2.45) is 0 Å². The van der Waals surface area contributed by atoms with Gasteiger partial charge in [-0.25, -0.2) is 0 Å². The molecule has 0 bridgehead atoms. The van der Waals surface area contributed by atoms with Crippen LogP contribution in [0.5, 0.6) is 23.0 Å². The Balaban J connectivity index is 2.30. The van der Waals surface area contributed by atoms with Crippen LogP contribution in [0.3, 0.4) is 0 Å². The SMILES string of the molecule is COc1ccc(-c2coc3cc(OC)c(OC)c(OC)c3c2=O)cc1. The maximum Gasteiger partial charge on any atom is 0.204 e. The van der Waals surface area contributed by atoms with E-state index in [1.165, 1.54) is 27.6 Å². The Hall–Kier alpha value is -3.15. The van der Waals surface area contributed by atoms with Crippen LogP contribution in [-0.2, 0) is 0 Å². The molecule has 0 atom stereocenters. The Morgan fingerprint density at radius 1 is 0.840 bits per heavy atom. The predicted molar refractivity (Wildman–Crippen MR) is 94.1 cm³/mol. The van der Waals surface area contributed by atoms with Gasteiger partial charge in [0, 0.05) is 6.07 Å². The number of ether oxygens (including phenoxy) is 4. The smallest absolute Gasteiger partial charge is 0.204 e. The van der Waals surface area contributed by atoms with Crippen molar-refractivity contribution in [2.45, 2.75) is 0 Å². The van der Waals surface area contributed by atoms with Crippen LogP contribution in [0.25, 0.3) is 22.1 Å². The molecule has 1 aromatic heterocycles. The average Bonchev–Trinajstić information content (AvgIpc) is 2.66. The number of rotatable bonds is 5. The van der Waals surface area contributed by atoms with E-state index in [1.807, 2.05) is 0 Å². The van der Waals surface area contributed by atoms with E-state index in [1.54, 1.807) is 37.4 Å². The quantitative estimate of drug-likeness (QED) is 0.707. The Morgan fingerprint density at radius 3 is 2.08 bits per heavy atom. The van der Waals surface area contributed by atoms with E-state index in [-0.39, 0.29) is 11.2 Å². The van der Waals surface area contributed by atoms with Crippen LogP contribution >= 0.6 is 0 Å². The van der Waals surface area contributed by atoms with Crippen molar-refractivity contribution >= 4 is 11.0 Å². The molecule has 3 rings (SSSR count). The van der Waals surface area contributed by atoms with Crippen molar-refractivity contribution < 1.29 is 23.4 Å². The molecule has 0 unspecified atom stereocenters. The standard InChI is InChI=1S/C19H18O6/c1-21-12-7-5-11(6-8-12)13-10-25-14-9-15(22-2)18(23-3)19(24-4)16(14)17(13)20/h5-10H,1-4H3. The lowest BCUT2D eigenvalue weighted by molar-refractivity contribution is 0.326. The van der Waals surface area contributed by atoms with Gasteiger partial charge in [0.2, 0.25) is 11.2 Å². The lowest BCUT2D eigenvalue weighted by Gasteiger charge is -2.14. The molecule has 0 saturated carbocycles. The molecule has 130 valence electrons. The van der Waals surface area contributed by atoms with Crippen LogP contribution in [0.2, 0.25) is 0 Å². The monoisotopic (exact) mass is 342 g/mol. The van der Waals surface area contributed by atoms with Crippen molar-refractivity contribution in [1.29, 1.82) is 0 Å². The second-order valence-corrected chi connectivity index (χ2v) is 5.23. The van der Waals surface area contributed by atoms with E-state index in [9.17, 15) is 4.79 Å². The minimum atomic E-state index is -0.218. The number of benzene rings is 2. The minimum absolute atomic E-state index is 0.218. The number of hydrogen-bond acceptors (Lipinski definition) is 6. The van der Waals surface area contributed by atoms with Crippen LogP contribution < -0.4 is 24.4 Å². The molecule has 0 N–H and O–H groups in total.